The second kappa shape index (κ2) is 7.00. The standard InChI is InChI=1S/C10H18N2O3S.ClH/c1-8-7-10(9(2)15-8)16(13,14)12-6-4-5-11-3;/h7,11-12H,4-6H2,1-3H3;1H. The van der Waals surface area contributed by atoms with Crippen LogP contribution in [0.5, 0.6) is 0 Å². The van der Waals surface area contributed by atoms with Crippen LogP contribution < -0.4 is 10.0 Å². The average Bonchev–Trinajstić information content (AvgIpc) is 2.53. The Labute approximate surface area is 108 Å². The summed E-state index contributed by atoms with van der Waals surface area (Å²) in [5.41, 5.74) is 0. The van der Waals surface area contributed by atoms with Crippen LogP contribution in [0.15, 0.2) is 15.4 Å². The average molecular weight is 283 g/mol. The molecule has 0 atom stereocenters. The summed E-state index contributed by atoms with van der Waals surface area (Å²) in [6.45, 7) is 4.58. The van der Waals surface area contributed by atoms with Gasteiger partial charge in [-0.1, -0.05) is 0 Å². The second-order valence-corrected chi connectivity index (χ2v) is 5.37. The number of nitrogens with one attached hydrogen (secondary N) is 2. The third-order valence-corrected chi connectivity index (χ3v) is 3.75. The summed E-state index contributed by atoms with van der Waals surface area (Å²) in [5, 5.41) is 2.96. The minimum Gasteiger partial charge on any atom is -0.465 e. The van der Waals surface area contributed by atoms with Gasteiger partial charge in [0.15, 0.2) is 0 Å². The van der Waals surface area contributed by atoms with E-state index in [1.165, 1.54) is 6.07 Å². The summed E-state index contributed by atoms with van der Waals surface area (Å²) < 4.78 is 31.4. The van der Waals surface area contributed by atoms with Gasteiger partial charge in [-0.3, -0.25) is 0 Å². The predicted molar refractivity (Wildman–Crippen MR) is 69.2 cm³/mol. The van der Waals surface area contributed by atoms with Gasteiger partial charge in [0.25, 0.3) is 0 Å². The van der Waals surface area contributed by atoms with E-state index >= 15 is 0 Å². The van der Waals surface area contributed by atoms with Crippen LogP contribution in [0.1, 0.15) is 17.9 Å². The van der Waals surface area contributed by atoms with Gasteiger partial charge in [0.05, 0.1) is 0 Å². The lowest BCUT2D eigenvalue weighted by molar-refractivity contribution is 0.495. The van der Waals surface area contributed by atoms with Crippen LogP contribution in [0.4, 0.5) is 0 Å². The van der Waals surface area contributed by atoms with Crippen molar-refractivity contribution in [3.05, 3.63) is 17.6 Å². The number of sulfonamides is 1. The minimum absolute atomic E-state index is 0. The summed E-state index contributed by atoms with van der Waals surface area (Å²) >= 11 is 0. The fourth-order valence-electron chi connectivity index (χ4n) is 1.42. The van der Waals surface area contributed by atoms with Crippen LogP contribution in [-0.4, -0.2) is 28.6 Å². The maximum absolute atomic E-state index is 11.8. The Morgan fingerprint density at radius 1 is 1.29 bits per heavy atom. The molecule has 0 unspecified atom stereocenters. The maximum Gasteiger partial charge on any atom is 0.244 e. The summed E-state index contributed by atoms with van der Waals surface area (Å²) in [4.78, 5) is 0.231. The monoisotopic (exact) mass is 282 g/mol. The Hall–Kier alpha value is -0.560. The Bertz CT molecular complexity index is 442. The highest BCUT2D eigenvalue weighted by Crippen LogP contribution is 2.18. The Balaban J connectivity index is 0.00000256. The van der Waals surface area contributed by atoms with Crippen LogP contribution in [0.25, 0.3) is 0 Å². The first-order chi connectivity index (χ1) is 7.47. The molecule has 0 spiro atoms. The van der Waals surface area contributed by atoms with Gasteiger partial charge in [-0.05, 0) is 39.9 Å². The topological polar surface area (TPSA) is 71.3 Å². The normalized spacial score (nSPS) is 11.2. The molecule has 0 aliphatic heterocycles. The Morgan fingerprint density at radius 3 is 2.41 bits per heavy atom. The van der Waals surface area contributed by atoms with E-state index in [-0.39, 0.29) is 17.3 Å². The van der Waals surface area contributed by atoms with Crippen molar-refractivity contribution in [2.45, 2.75) is 25.2 Å². The highest BCUT2D eigenvalue weighted by molar-refractivity contribution is 7.89. The van der Waals surface area contributed by atoms with Crippen molar-refractivity contribution in [3.63, 3.8) is 0 Å². The van der Waals surface area contributed by atoms with E-state index in [9.17, 15) is 8.42 Å². The van der Waals surface area contributed by atoms with Gasteiger partial charge in [-0.2, -0.15) is 0 Å². The molecule has 0 aliphatic carbocycles. The molecule has 0 saturated heterocycles. The number of aryl methyl sites for hydroxylation is 2. The summed E-state index contributed by atoms with van der Waals surface area (Å²) in [6, 6.07) is 1.54. The highest BCUT2D eigenvalue weighted by atomic mass is 35.5. The molecular weight excluding hydrogens is 264 g/mol. The largest absolute Gasteiger partial charge is 0.465 e. The van der Waals surface area contributed by atoms with Crippen LogP contribution in [0.3, 0.4) is 0 Å². The van der Waals surface area contributed by atoms with Crippen LogP contribution in [0, 0.1) is 13.8 Å². The fourth-order valence-corrected chi connectivity index (χ4v) is 2.73. The lowest BCUT2D eigenvalue weighted by Gasteiger charge is -2.04. The van der Waals surface area contributed by atoms with Crippen LogP contribution in [-0.2, 0) is 10.0 Å². The van der Waals surface area contributed by atoms with Crippen LogP contribution in [0.2, 0.25) is 0 Å². The zero-order valence-corrected chi connectivity index (χ0v) is 11.9. The van der Waals surface area contributed by atoms with E-state index in [0.717, 1.165) is 13.0 Å². The SMILES string of the molecule is CNCCCNS(=O)(=O)c1cc(C)oc1C.Cl. The van der Waals surface area contributed by atoms with Gasteiger partial charge in [0.2, 0.25) is 10.0 Å². The van der Waals surface area contributed by atoms with Gasteiger partial charge < -0.3 is 9.73 Å². The number of rotatable bonds is 6. The quantitative estimate of drug-likeness (QED) is 0.769. The smallest absolute Gasteiger partial charge is 0.244 e. The van der Waals surface area contributed by atoms with Crippen molar-refractivity contribution in [3.8, 4) is 0 Å². The molecule has 2 N–H and O–H groups in total. The molecule has 5 nitrogen and oxygen atoms in total. The van der Waals surface area contributed by atoms with Crippen molar-refractivity contribution in [2.24, 2.45) is 0 Å². The number of hydrogen-bond acceptors (Lipinski definition) is 4. The highest BCUT2D eigenvalue weighted by Gasteiger charge is 2.19. The lowest BCUT2D eigenvalue weighted by atomic mass is 10.4. The third-order valence-electron chi connectivity index (χ3n) is 2.18. The van der Waals surface area contributed by atoms with Gasteiger partial charge in [0.1, 0.15) is 16.4 Å². The molecule has 0 aliphatic rings. The molecular formula is C10H19ClN2O3S. The first-order valence-corrected chi connectivity index (χ1v) is 6.67. The molecule has 100 valence electrons. The van der Waals surface area contributed by atoms with Crippen molar-refractivity contribution in [1.29, 1.82) is 0 Å². The molecule has 1 aromatic rings. The Morgan fingerprint density at radius 2 is 1.94 bits per heavy atom. The molecule has 1 rings (SSSR count). The summed E-state index contributed by atoms with van der Waals surface area (Å²) in [7, 11) is -1.59. The minimum atomic E-state index is -3.42. The maximum atomic E-state index is 11.8. The van der Waals surface area contributed by atoms with Crippen molar-refractivity contribution in [2.75, 3.05) is 20.1 Å². The molecule has 0 saturated carbocycles. The zero-order valence-electron chi connectivity index (χ0n) is 10.2. The molecule has 7 heteroatoms. The Kier molecular flexibility index (Phi) is 6.77. The first-order valence-electron chi connectivity index (χ1n) is 5.18. The number of furan rings is 1. The van der Waals surface area contributed by atoms with E-state index in [1.807, 2.05) is 7.05 Å². The molecule has 0 fully saturated rings. The van der Waals surface area contributed by atoms with Crippen LogP contribution >= 0.6 is 12.4 Å². The third kappa shape index (κ3) is 4.67. The van der Waals surface area contributed by atoms with E-state index in [2.05, 4.69) is 10.0 Å². The number of hydrogen-bond donors (Lipinski definition) is 2. The van der Waals surface area contributed by atoms with Crippen molar-refractivity contribution in [1.82, 2.24) is 10.0 Å². The van der Waals surface area contributed by atoms with E-state index in [0.29, 0.717) is 18.1 Å². The second-order valence-electron chi connectivity index (χ2n) is 3.63. The zero-order chi connectivity index (χ0) is 12.2. The first kappa shape index (κ1) is 16.4. The summed E-state index contributed by atoms with van der Waals surface area (Å²) in [5.74, 6) is 1.03. The molecule has 1 aromatic heterocycles. The van der Waals surface area contributed by atoms with Gasteiger partial charge in [-0.25, -0.2) is 13.1 Å². The fraction of sp³-hybridized carbons (Fsp3) is 0.600. The molecule has 17 heavy (non-hydrogen) atoms. The van der Waals surface area contributed by atoms with Gasteiger partial charge in [0, 0.05) is 6.54 Å². The molecule has 0 radical (unpaired) electrons. The van der Waals surface area contributed by atoms with Gasteiger partial charge >= 0.3 is 0 Å². The van der Waals surface area contributed by atoms with Crippen molar-refractivity contribution < 1.29 is 12.8 Å². The van der Waals surface area contributed by atoms with E-state index < -0.39 is 10.0 Å². The molecule has 0 amide bonds. The molecule has 1 heterocycles. The van der Waals surface area contributed by atoms with Gasteiger partial charge in [-0.15, -0.1) is 12.4 Å². The van der Waals surface area contributed by atoms with Crippen molar-refractivity contribution >= 4 is 22.4 Å². The molecule has 0 bridgehead atoms. The number of halogens is 1. The van der Waals surface area contributed by atoms with E-state index in [4.69, 9.17) is 4.42 Å². The van der Waals surface area contributed by atoms with E-state index in [1.54, 1.807) is 13.8 Å². The predicted octanol–water partition coefficient (Wildman–Crippen LogP) is 1.21. The lowest BCUT2D eigenvalue weighted by Crippen LogP contribution is -2.26. The molecule has 0 aromatic carbocycles. The summed E-state index contributed by atoms with van der Waals surface area (Å²) in [6.07, 6.45) is 0.756.